The molecule has 0 aromatic heterocycles. The van der Waals surface area contributed by atoms with E-state index in [4.69, 9.17) is 9.47 Å². The number of carbonyl (C=O) groups is 3. The molecule has 38 heavy (non-hydrogen) atoms. The topological polar surface area (TPSA) is 117 Å². The first-order valence-corrected chi connectivity index (χ1v) is 13.5. The molecule has 2 unspecified atom stereocenters. The van der Waals surface area contributed by atoms with E-state index < -0.39 is 35.6 Å². The second-order valence-electron chi connectivity index (χ2n) is 9.47. The van der Waals surface area contributed by atoms with Crippen LogP contribution < -0.4 is 15.4 Å². The summed E-state index contributed by atoms with van der Waals surface area (Å²) in [5, 5.41) is 15.3. The molecule has 2 aromatic rings. The quantitative estimate of drug-likeness (QED) is 0.331. The zero-order valence-electron chi connectivity index (χ0n) is 22.5. The fourth-order valence-electron chi connectivity index (χ4n) is 3.62. The number of benzene rings is 2. The van der Waals surface area contributed by atoms with Crippen LogP contribution in [-0.4, -0.2) is 65.2 Å². The zero-order chi connectivity index (χ0) is 28.3. The number of amides is 3. The van der Waals surface area contributed by atoms with Gasteiger partial charge in [-0.2, -0.15) is 11.8 Å². The van der Waals surface area contributed by atoms with Gasteiger partial charge in [-0.15, -0.1) is 6.58 Å². The molecule has 0 aliphatic carbocycles. The molecule has 0 heterocycles. The van der Waals surface area contributed by atoms with Crippen LogP contribution in [0, 0.1) is 0 Å². The van der Waals surface area contributed by atoms with Gasteiger partial charge >= 0.3 is 6.09 Å². The Balaban J connectivity index is 2.45. The normalized spacial score (nSPS) is 12.6. The van der Waals surface area contributed by atoms with Gasteiger partial charge in [0.1, 0.15) is 29.2 Å². The lowest BCUT2D eigenvalue weighted by Crippen LogP contribution is -2.52. The molecular formula is C28H37N3O6S. The highest BCUT2D eigenvalue weighted by molar-refractivity contribution is 7.98. The van der Waals surface area contributed by atoms with E-state index in [2.05, 4.69) is 17.2 Å². The van der Waals surface area contributed by atoms with Crippen molar-refractivity contribution < 1.29 is 29.0 Å². The molecule has 9 nitrogen and oxygen atoms in total. The third-order valence-electron chi connectivity index (χ3n) is 5.33. The van der Waals surface area contributed by atoms with Gasteiger partial charge in [0.25, 0.3) is 5.91 Å². The summed E-state index contributed by atoms with van der Waals surface area (Å²) in [5.74, 6) is 0.306. The van der Waals surface area contributed by atoms with E-state index in [-0.39, 0.29) is 12.3 Å². The van der Waals surface area contributed by atoms with Crippen LogP contribution in [0.1, 0.15) is 38.8 Å². The average molecular weight is 544 g/mol. The molecule has 2 atom stereocenters. The lowest BCUT2D eigenvalue weighted by Gasteiger charge is -2.34. The van der Waals surface area contributed by atoms with Crippen LogP contribution in [0.25, 0.3) is 0 Å². The minimum atomic E-state index is -1.08. The number of rotatable bonds is 12. The molecule has 3 N–H and O–H groups in total. The van der Waals surface area contributed by atoms with Crippen molar-refractivity contribution in [2.75, 3.05) is 31.0 Å². The van der Waals surface area contributed by atoms with E-state index in [1.165, 1.54) is 34.9 Å². The van der Waals surface area contributed by atoms with Crippen LogP contribution in [0.5, 0.6) is 11.5 Å². The smallest absolute Gasteiger partial charge is 0.408 e. The maximum atomic E-state index is 13.9. The van der Waals surface area contributed by atoms with Gasteiger partial charge in [0.15, 0.2) is 0 Å². The number of anilines is 1. The number of phenolic OH excluding ortho intramolecular Hbond substituents is 1. The van der Waals surface area contributed by atoms with E-state index in [0.717, 1.165) is 0 Å². The molecule has 2 rings (SSSR count). The average Bonchev–Trinajstić information content (AvgIpc) is 2.86. The number of carbonyl (C=O) groups excluding carboxylic acids is 3. The predicted molar refractivity (Wildman–Crippen MR) is 151 cm³/mol. The van der Waals surface area contributed by atoms with Crippen molar-refractivity contribution in [1.82, 2.24) is 10.2 Å². The Labute approximate surface area is 228 Å². The van der Waals surface area contributed by atoms with Crippen LogP contribution in [0.4, 0.5) is 10.5 Å². The SMILES string of the molecule is C=CCN(C(=O)C(CCSC)NC(=O)OC(C)(C)C)C(C(=O)Nc1ccc(OC)cc1)c1ccc(O)cc1. The number of nitrogens with zero attached hydrogens (tertiary/aromatic N) is 1. The van der Waals surface area contributed by atoms with Gasteiger partial charge in [-0.1, -0.05) is 18.2 Å². The first-order chi connectivity index (χ1) is 18.0. The van der Waals surface area contributed by atoms with Crippen molar-refractivity contribution in [2.45, 2.75) is 44.9 Å². The fraction of sp³-hybridized carbons (Fsp3) is 0.393. The van der Waals surface area contributed by atoms with Gasteiger partial charge in [-0.3, -0.25) is 9.59 Å². The second kappa shape index (κ2) is 14.3. The van der Waals surface area contributed by atoms with E-state index in [1.807, 2.05) is 6.26 Å². The van der Waals surface area contributed by atoms with E-state index in [1.54, 1.807) is 64.3 Å². The molecular weight excluding hydrogens is 506 g/mol. The number of ether oxygens (including phenoxy) is 2. The van der Waals surface area contributed by atoms with Crippen molar-refractivity contribution in [3.05, 3.63) is 66.7 Å². The summed E-state index contributed by atoms with van der Waals surface area (Å²) in [4.78, 5) is 41.5. The van der Waals surface area contributed by atoms with Gasteiger partial charge in [0.2, 0.25) is 5.91 Å². The number of alkyl carbamates (subject to hydrolysis) is 1. The summed E-state index contributed by atoms with van der Waals surface area (Å²) < 4.78 is 10.6. The van der Waals surface area contributed by atoms with Crippen molar-refractivity contribution in [3.8, 4) is 11.5 Å². The van der Waals surface area contributed by atoms with Crippen molar-refractivity contribution in [2.24, 2.45) is 0 Å². The van der Waals surface area contributed by atoms with Gasteiger partial charge in [-0.05, 0) is 81.2 Å². The van der Waals surface area contributed by atoms with Gasteiger partial charge in [0, 0.05) is 12.2 Å². The Morgan fingerprint density at radius 2 is 1.74 bits per heavy atom. The lowest BCUT2D eigenvalue weighted by atomic mass is 10.0. The lowest BCUT2D eigenvalue weighted by molar-refractivity contribution is -0.140. The highest BCUT2D eigenvalue weighted by Crippen LogP contribution is 2.27. The highest BCUT2D eigenvalue weighted by atomic mass is 32.2. The molecule has 0 spiro atoms. The number of aromatic hydroxyl groups is 1. The Morgan fingerprint density at radius 3 is 2.26 bits per heavy atom. The number of thioether (sulfide) groups is 1. The third kappa shape index (κ3) is 9.33. The number of methoxy groups -OCH3 is 1. The Bertz CT molecular complexity index is 1080. The van der Waals surface area contributed by atoms with Gasteiger partial charge < -0.3 is 30.1 Å². The molecule has 0 aliphatic heterocycles. The summed E-state index contributed by atoms with van der Waals surface area (Å²) in [5.41, 5.74) is 0.242. The van der Waals surface area contributed by atoms with Crippen LogP contribution in [0.3, 0.4) is 0 Å². The molecule has 0 saturated carbocycles. The van der Waals surface area contributed by atoms with Crippen LogP contribution in [-0.2, 0) is 14.3 Å². The number of nitrogens with one attached hydrogen (secondary N) is 2. The Hall–Kier alpha value is -3.66. The van der Waals surface area contributed by atoms with Crippen molar-refractivity contribution in [1.29, 1.82) is 0 Å². The monoisotopic (exact) mass is 543 g/mol. The molecule has 206 valence electrons. The highest BCUT2D eigenvalue weighted by Gasteiger charge is 2.35. The number of phenols is 1. The van der Waals surface area contributed by atoms with Crippen molar-refractivity contribution in [3.63, 3.8) is 0 Å². The second-order valence-corrected chi connectivity index (χ2v) is 10.5. The van der Waals surface area contributed by atoms with E-state index >= 15 is 0 Å². The molecule has 0 aliphatic rings. The van der Waals surface area contributed by atoms with Gasteiger partial charge in [0.05, 0.1) is 7.11 Å². The molecule has 0 radical (unpaired) electrons. The standard InChI is InChI=1S/C28H37N3O6S/c1-7-17-31(26(34)23(16-18-38-6)30-27(35)37-28(2,3)4)24(19-8-12-21(32)13-9-19)25(33)29-20-10-14-22(36-5)15-11-20/h7-15,23-24,32H,1,16-18H2,2-6H3,(H,29,33)(H,30,35). The largest absolute Gasteiger partial charge is 0.508 e. The van der Waals surface area contributed by atoms with E-state index in [9.17, 15) is 19.5 Å². The summed E-state index contributed by atoms with van der Waals surface area (Å²) >= 11 is 1.53. The third-order valence-corrected chi connectivity index (χ3v) is 5.98. The Morgan fingerprint density at radius 1 is 1.11 bits per heavy atom. The maximum absolute atomic E-state index is 13.9. The van der Waals surface area contributed by atoms with Gasteiger partial charge in [-0.25, -0.2) is 4.79 Å². The summed E-state index contributed by atoms with van der Waals surface area (Å²) in [6.45, 7) is 9.01. The van der Waals surface area contributed by atoms with Crippen LogP contribution in [0.15, 0.2) is 61.2 Å². The number of hydrogen-bond donors (Lipinski definition) is 3. The zero-order valence-corrected chi connectivity index (χ0v) is 23.3. The fourth-order valence-corrected chi connectivity index (χ4v) is 4.09. The maximum Gasteiger partial charge on any atom is 0.408 e. The minimum Gasteiger partial charge on any atom is -0.508 e. The first-order valence-electron chi connectivity index (χ1n) is 12.1. The number of hydrogen-bond acceptors (Lipinski definition) is 7. The summed E-state index contributed by atoms with van der Waals surface area (Å²) in [7, 11) is 1.55. The van der Waals surface area contributed by atoms with E-state index in [0.29, 0.717) is 29.2 Å². The molecule has 0 bridgehead atoms. The molecule has 2 aromatic carbocycles. The summed E-state index contributed by atoms with van der Waals surface area (Å²) in [6, 6.07) is 10.8. The molecule has 3 amide bonds. The summed E-state index contributed by atoms with van der Waals surface area (Å²) in [6.07, 6.45) is 3.03. The minimum absolute atomic E-state index is 0.0223. The first kappa shape index (κ1) is 30.6. The Kier molecular flexibility index (Phi) is 11.5. The molecule has 10 heteroatoms. The predicted octanol–water partition coefficient (Wildman–Crippen LogP) is 4.74. The molecule has 0 saturated heterocycles. The van der Waals surface area contributed by atoms with Crippen LogP contribution in [0.2, 0.25) is 0 Å². The molecule has 0 fully saturated rings. The van der Waals surface area contributed by atoms with Crippen LogP contribution >= 0.6 is 11.8 Å². The van der Waals surface area contributed by atoms with Crippen molar-refractivity contribution >= 4 is 35.4 Å².